The van der Waals surface area contributed by atoms with Gasteiger partial charge in [-0.25, -0.2) is 0 Å². The molecule has 0 fully saturated rings. The molecular weight excluding hydrogens is 256 g/mol. The highest BCUT2D eigenvalue weighted by molar-refractivity contribution is 6.08. The maximum atomic E-state index is 12.2. The first-order valence-corrected chi connectivity index (χ1v) is 6.27. The minimum absolute atomic E-state index is 0.0212. The van der Waals surface area contributed by atoms with Gasteiger partial charge in [-0.1, -0.05) is 13.0 Å². The topological polar surface area (TPSA) is 93.9 Å². The first-order chi connectivity index (χ1) is 9.51. The van der Waals surface area contributed by atoms with Gasteiger partial charge in [0.15, 0.2) is 5.78 Å². The number of hydrogen-bond acceptors (Lipinski definition) is 3. The Bertz CT molecular complexity index is 709. The molecule has 0 bridgehead atoms. The van der Waals surface area contributed by atoms with Gasteiger partial charge < -0.3 is 10.1 Å². The van der Waals surface area contributed by atoms with Crippen molar-refractivity contribution in [3.05, 3.63) is 35.5 Å². The Kier molecular flexibility index (Phi) is 3.85. The molecule has 5 heteroatoms. The van der Waals surface area contributed by atoms with Crippen LogP contribution >= 0.6 is 0 Å². The van der Waals surface area contributed by atoms with Crippen molar-refractivity contribution in [1.29, 1.82) is 5.26 Å². The highest BCUT2D eigenvalue weighted by Gasteiger charge is 2.17. The van der Waals surface area contributed by atoms with E-state index in [2.05, 4.69) is 4.98 Å². The zero-order valence-electron chi connectivity index (χ0n) is 11.0. The van der Waals surface area contributed by atoms with E-state index in [-0.39, 0.29) is 24.5 Å². The third-order valence-corrected chi connectivity index (χ3v) is 3.17. The molecule has 0 aliphatic heterocycles. The average Bonchev–Trinajstić information content (AvgIpc) is 2.80. The third kappa shape index (κ3) is 2.86. The highest BCUT2D eigenvalue weighted by Crippen LogP contribution is 2.22. The van der Waals surface area contributed by atoms with Crippen LogP contribution in [0.15, 0.2) is 24.4 Å². The Morgan fingerprint density at radius 2 is 2.15 bits per heavy atom. The van der Waals surface area contributed by atoms with E-state index in [1.807, 2.05) is 6.07 Å². The lowest BCUT2D eigenvalue weighted by Gasteiger charge is -2.06. The van der Waals surface area contributed by atoms with Gasteiger partial charge in [-0.3, -0.25) is 9.59 Å². The van der Waals surface area contributed by atoms with Crippen LogP contribution in [0.2, 0.25) is 0 Å². The van der Waals surface area contributed by atoms with E-state index in [4.69, 9.17) is 10.4 Å². The summed E-state index contributed by atoms with van der Waals surface area (Å²) in [6.07, 6.45) is 1.79. The molecule has 0 aliphatic rings. The maximum Gasteiger partial charge on any atom is 0.303 e. The second-order valence-electron chi connectivity index (χ2n) is 4.90. The molecule has 1 aromatic carbocycles. The van der Waals surface area contributed by atoms with E-state index in [0.717, 1.165) is 10.9 Å². The van der Waals surface area contributed by atoms with Crippen molar-refractivity contribution < 1.29 is 14.7 Å². The average molecular weight is 270 g/mol. The highest BCUT2D eigenvalue weighted by atomic mass is 16.4. The van der Waals surface area contributed by atoms with Crippen LogP contribution in [0.3, 0.4) is 0 Å². The van der Waals surface area contributed by atoms with Crippen molar-refractivity contribution in [2.45, 2.75) is 19.8 Å². The number of ketones is 1. The molecule has 5 nitrogen and oxygen atoms in total. The number of nitrogens with zero attached hydrogens (tertiary/aromatic N) is 1. The molecule has 1 aromatic heterocycles. The number of rotatable bonds is 5. The number of carboxylic acid groups (broad SMARTS) is 1. The van der Waals surface area contributed by atoms with Crippen LogP contribution in [0.1, 0.15) is 35.7 Å². The van der Waals surface area contributed by atoms with Gasteiger partial charge in [-0.05, 0) is 18.1 Å². The predicted octanol–water partition coefficient (Wildman–Crippen LogP) is 2.72. The van der Waals surface area contributed by atoms with Gasteiger partial charge in [-0.15, -0.1) is 0 Å². The van der Waals surface area contributed by atoms with E-state index in [1.165, 1.54) is 0 Å². The number of fused-ring (bicyclic) bond motifs is 1. The third-order valence-electron chi connectivity index (χ3n) is 3.17. The van der Waals surface area contributed by atoms with E-state index in [1.54, 1.807) is 31.3 Å². The predicted molar refractivity (Wildman–Crippen MR) is 73.4 cm³/mol. The largest absolute Gasteiger partial charge is 0.481 e. The van der Waals surface area contributed by atoms with Crippen molar-refractivity contribution in [3.63, 3.8) is 0 Å². The van der Waals surface area contributed by atoms with Gasteiger partial charge in [0.1, 0.15) is 0 Å². The van der Waals surface area contributed by atoms with Gasteiger partial charge in [-0.2, -0.15) is 5.26 Å². The lowest BCUT2D eigenvalue weighted by molar-refractivity contribution is -0.137. The van der Waals surface area contributed by atoms with Crippen molar-refractivity contribution in [1.82, 2.24) is 4.98 Å². The molecule has 0 spiro atoms. The number of carbonyl (C=O) groups excluding carboxylic acids is 1. The number of carbonyl (C=O) groups is 2. The summed E-state index contributed by atoms with van der Waals surface area (Å²) in [6.45, 7) is 1.74. The summed E-state index contributed by atoms with van der Waals surface area (Å²) in [7, 11) is 0. The first-order valence-electron chi connectivity index (χ1n) is 6.27. The number of hydrogen-bond donors (Lipinski definition) is 2. The Labute approximate surface area is 115 Å². The molecule has 2 aromatic rings. The molecule has 0 amide bonds. The molecule has 0 saturated carbocycles. The summed E-state index contributed by atoms with van der Waals surface area (Å²) in [4.78, 5) is 25.8. The molecule has 0 aliphatic carbocycles. The van der Waals surface area contributed by atoms with Gasteiger partial charge in [0.2, 0.25) is 0 Å². The van der Waals surface area contributed by atoms with Crippen LogP contribution in [0.25, 0.3) is 10.9 Å². The maximum absolute atomic E-state index is 12.2. The fourth-order valence-corrected chi connectivity index (χ4v) is 2.22. The van der Waals surface area contributed by atoms with Crippen molar-refractivity contribution in [3.8, 4) is 6.07 Å². The number of benzene rings is 1. The fourth-order valence-electron chi connectivity index (χ4n) is 2.22. The van der Waals surface area contributed by atoms with E-state index < -0.39 is 5.97 Å². The molecular formula is C15H14N2O3. The molecule has 0 radical (unpaired) electrons. The van der Waals surface area contributed by atoms with Crippen molar-refractivity contribution in [2.24, 2.45) is 5.92 Å². The van der Waals surface area contributed by atoms with Gasteiger partial charge >= 0.3 is 5.97 Å². The molecule has 1 atom stereocenters. The van der Waals surface area contributed by atoms with E-state index in [0.29, 0.717) is 11.1 Å². The summed E-state index contributed by atoms with van der Waals surface area (Å²) in [5.41, 5.74) is 1.80. The van der Waals surface area contributed by atoms with Crippen LogP contribution in [0.4, 0.5) is 0 Å². The van der Waals surface area contributed by atoms with Crippen LogP contribution in [-0.4, -0.2) is 21.8 Å². The standard InChI is InChI=1S/C15H14N2O3/c1-9(5-15(19)20)4-14(18)12-8-17-13-6-10(7-16)2-3-11(12)13/h2-3,6,8-9,17H,4-5H2,1H3,(H,19,20). The van der Waals surface area contributed by atoms with Crippen molar-refractivity contribution in [2.75, 3.05) is 0 Å². The number of nitrogens with one attached hydrogen (secondary N) is 1. The summed E-state index contributed by atoms with van der Waals surface area (Å²) in [5, 5.41) is 18.3. The van der Waals surface area contributed by atoms with Crippen LogP contribution in [0, 0.1) is 17.2 Å². The monoisotopic (exact) mass is 270 g/mol. The molecule has 2 rings (SSSR count). The number of aromatic amines is 1. The van der Waals surface area contributed by atoms with Crippen LogP contribution < -0.4 is 0 Å². The molecule has 1 heterocycles. The summed E-state index contributed by atoms with van der Waals surface area (Å²) >= 11 is 0. The zero-order chi connectivity index (χ0) is 14.7. The van der Waals surface area contributed by atoms with Crippen LogP contribution in [-0.2, 0) is 4.79 Å². The van der Waals surface area contributed by atoms with Crippen molar-refractivity contribution >= 4 is 22.7 Å². The van der Waals surface area contributed by atoms with E-state index in [9.17, 15) is 9.59 Å². The Morgan fingerprint density at radius 1 is 1.40 bits per heavy atom. The minimum Gasteiger partial charge on any atom is -0.481 e. The van der Waals surface area contributed by atoms with E-state index >= 15 is 0 Å². The lowest BCUT2D eigenvalue weighted by Crippen LogP contribution is -2.10. The number of nitriles is 1. The number of aromatic nitrogens is 1. The normalized spacial score (nSPS) is 12.0. The van der Waals surface area contributed by atoms with Gasteiger partial charge in [0.25, 0.3) is 0 Å². The Balaban J connectivity index is 2.23. The first kappa shape index (κ1) is 13.8. The summed E-state index contributed by atoms with van der Waals surface area (Å²) < 4.78 is 0. The number of Topliss-reactive ketones (excluding diaryl/α,β-unsaturated/α-hetero) is 1. The Morgan fingerprint density at radius 3 is 2.80 bits per heavy atom. The number of carboxylic acids is 1. The molecule has 2 N–H and O–H groups in total. The smallest absolute Gasteiger partial charge is 0.303 e. The van der Waals surface area contributed by atoms with Gasteiger partial charge in [0.05, 0.1) is 11.6 Å². The van der Waals surface area contributed by atoms with Gasteiger partial charge in [0, 0.05) is 35.5 Å². The lowest BCUT2D eigenvalue weighted by atomic mass is 9.97. The molecule has 102 valence electrons. The van der Waals surface area contributed by atoms with Crippen LogP contribution in [0.5, 0.6) is 0 Å². The second-order valence-corrected chi connectivity index (χ2v) is 4.90. The summed E-state index contributed by atoms with van der Waals surface area (Å²) in [6, 6.07) is 7.12. The Hall–Kier alpha value is -2.61. The number of H-pyrrole nitrogens is 1. The molecule has 1 unspecified atom stereocenters. The quantitative estimate of drug-likeness (QED) is 0.817. The minimum atomic E-state index is -0.900. The second kappa shape index (κ2) is 5.57. The number of aliphatic carboxylic acids is 1. The zero-order valence-corrected chi connectivity index (χ0v) is 11.0. The molecule has 0 saturated heterocycles. The summed E-state index contributed by atoms with van der Waals surface area (Å²) in [5.74, 6) is -1.19. The fraction of sp³-hybridized carbons (Fsp3) is 0.267. The molecule has 20 heavy (non-hydrogen) atoms. The SMILES string of the molecule is CC(CC(=O)O)CC(=O)c1c[nH]c2cc(C#N)ccc12.